The fourth-order valence-corrected chi connectivity index (χ4v) is 8.48. The predicted octanol–water partition coefficient (Wildman–Crippen LogP) is 13.2. The molecule has 0 N–H and O–H groups in total. The first-order valence-electron chi connectivity index (χ1n) is 18.7. The Morgan fingerprint density at radius 1 is 0.368 bits per heavy atom. The van der Waals surface area contributed by atoms with Gasteiger partial charge in [-0.1, -0.05) is 133 Å². The maximum Gasteiger partial charge on any atom is 0.164 e. The Balaban J connectivity index is 1.04. The fourth-order valence-electron chi connectivity index (χ4n) is 7.29. The first-order chi connectivity index (χ1) is 28.1. The predicted molar refractivity (Wildman–Crippen MR) is 233 cm³/mol. The zero-order chi connectivity index (χ0) is 38.1. The lowest BCUT2D eigenvalue weighted by atomic mass is 9.93. The van der Waals surface area contributed by atoms with Gasteiger partial charge in [0.25, 0.3) is 0 Å². The molecule has 0 amide bonds. The van der Waals surface area contributed by atoms with Crippen LogP contribution in [0.3, 0.4) is 0 Å². The molecule has 0 atom stereocenters. The van der Waals surface area contributed by atoms with Crippen LogP contribution in [0.5, 0.6) is 0 Å². The highest BCUT2D eigenvalue weighted by molar-refractivity contribution is 7.25. The van der Waals surface area contributed by atoms with Crippen LogP contribution >= 0.6 is 11.3 Å². The van der Waals surface area contributed by atoms with E-state index in [4.69, 9.17) is 15.0 Å². The molecule has 3 heterocycles. The van der Waals surface area contributed by atoms with Crippen molar-refractivity contribution < 1.29 is 0 Å². The molecule has 0 fully saturated rings. The van der Waals surface area contributed by atoms with Crippen molar-refractivity contribution in [1.82, 2.24) is 19.9 Å². The fraction of sp³-hybridized carbons (Fsp3) is 0. The quantitative estimate of drug-likeness (QED) is 0.162. The summed E-state index contributed by atoms with van der Waals surface area (Å²) in [6.07, 6.45) is 3.71. The van der Waals surface area contributed by atoms with E-state index in [0.29, 0.717) is 23.0 Å². The third-order valence-electron chi connectivity index (χ3n) is 10.3. The molecule has 0 aliphatic carbocycles. The maximum atomic E-state index is 9.47. The second-order valence-corrected chi connectivity index (χ2v) is 15.0. The van der Waals surface area contributed by atoms with E-state index in [1.54, 1.807) is 17.5 Å². The first-order valence-corrected chi connectivity index (χ1v) is 19.5. The minimum atomic E-state index is 0.612. The summed E-state index contributed by atoms with van der Waals surface area (Å²) in [5, 5.41) is 11.8. The van der Waals surface area contributed by atoms with Crippen LogP contribution in [-0.2, 0) is 0 Å². The molecular formula is C51H31N5S. The molecule has 7 aromatic carbocycles. The van der Waals surface area contributed by atoms with Gasteiger partial charge in [-0.25, -0.2) is 15.0 Å². The van der Waals surface area contributed by atoms with Crippen LogP contribution in [-0.4, -0.2) is 19.9 Å². The average Bonchev–Trinajstić information content (AvgIpc) is 3.67. The van der Waals surface area contributed by atoms with Crippen molar-refractivity contribution in [3.63, 3.8) is 0 Å². The summed E-state index contributed by atoms with van der Waals surface area (Å²) in [7, 11) is 0. The van der Waals surface area contributed by atoms with Crippen molar-refractivity contribution in [2.24, 2.45) is 0 Å². The summed E-state index contributed by atoms with van der Waals surface area (Å²) in [5.74, 6) is 1.86. The highest BCUT2D eigenvalue weighted by atomic mass is 32.1. The molecule has 10 aromatic rings. The van der Waals surface area contributed by atoms with Gasteiger partial charge in [0.15, 0.2) is 17.5 Å². The van der Waals surface area contributed by atoms with Gasteiger partial charge in [0, 0.05) is 54.8 Å². The Hall–Kier alpha value is -7.59. The standard InChI is InChI=1S/C51H31N5S/c52-31-33-13-23-45-46-24-22-40(30-48(46)57-47(45)26-33)43-27-42(28-44(29-43)41-12-7-25-53-32-41)36-16-20-39(21-17-36)51-55-49(37-10-5-2-6-11-37)54-50(56-51)38-18-14-35(15-19-38)34-8-3-1-4-9-34/h1-30,32H. The van der Waals surface area contributed by atoms with Gasteiger partial charge in [-0.15, -0.1) is 11.3 Å². The van der Waals surface area contributed by atoms with Crippen LogP contribution in [0.1, 0.15) is 5.56 Å². The second-order valence-electron chi connectivity index (χ2n) is 13.9. The normalized spacial score (nSPS) is 11.1. The molecule has 0 aliphatic heterocycles. The summed E-state index contributed by atoms with van der Waals surface area (Å²) in [6, 6.07) is 62.9. The Labute approximate surface area is 333 Å². The van der Waals surface area contributed by atoms with Crippen molar-refractivity contribution in [1.29, 1.82) is 5.26 Å². The molecule has 0 spiro atoms. The summed E-state index contributed by atoms with van der Waals surface area (Å²) in [6.45, 7) is 0. The minimum absolute atomic E-state index is 0.612. The topological polar surface area (TPSA) is 75.3 Å². The van der Waals surface area contributed by atoms with E-state index in [9.17, 15) is 5.26 Å². The summed E-state index contributed by atoms with van der Waals surface area (Å²) < 4.78 is 2.31. The van der Waals surface area contributed by atoms with E-state index in [0.717, 1.165) is 65.9 Å². The zero-order valence-electron chi connectivity index (χ0n) is 30.5. The number of pyridine rings is 1. The molecule has 0 aliphatic rings. The van der Waals surface area contributed by atoms with Gasteiger partial charge < -0.3 is 0 Å². The number of nitriles is 1. The van der Waals surface area contributed by atoms with E-state index < -0.39 is 0 Å². The van der Waals surface area contributed by atoms with Crippen LogP contribution in [0.25, 0.3) is 98.8 Å². The number of hydrogen-bond donors (Lipinski definition) is 0. The molecule has 5 nitrogen and oxygen atoms in total. The SMILES string of the molecule is N#Cc1ccc2c(c1)sc1cc(-c3cc(-c4ccc(-c5nc(-c6ccccc6)nc(-c6ccc(-c7ccccc7)cc6)n5)cc4)cc(-c4cccnc4)c3)ccc12. The molecule has 0 bridgehead atoms. The molecule has 0 radical (unpaired) electrons. The highest BCUT2D eigenvalue weighted by Crippen LogP contribution is 2.39. The van der Waals surface area contributed by atoms with Gasteiger partial charge in [0.05, 0.1) is 11.6 Å². The molecule has 266 valence electrons. The zero-order valence-corrected chi connectivity index (χ0v) is 31.4. The summed E-state index contributed by atoms with van der Waals surface area (Å²) in [5.41, 5.74) is 12.3. The number of hydrogen-bond acceptors (Lipinski definition) is 6. The van der Waals surface area contributed by atoms with Gasteiger partial charge in [-0.3, -0.25) is 4.98 Å². The van der Waals surface area contributed by atoms with Crippen molar-refractivity contribution in [2.45, 2.75) is 0 Å². The van der Waals surface area contributed by atoms with Crippen molar-refractivity contribution >= 4 is 31.5 Å². The van der Waals surface area contributed by atoms with Gasteiger partial charge >= 0.3 is 0 Å². The Morgan fingerprint density at radius 2 is 0.807 bits per heavy atom. The Bertz CT molecular complexity index is 3100. The summed E-state index contributed by atoms with van der Waals surface area (Å²) >= 11 is 1.72. The van der Waals surface area contributed by atoms with Crippen LogP contribution in [0.2, 0.25) is 0 Å². The van der Waals surface area contributed by atoms with Crippen molar-refractivity contribution in [2.75, 3.05) is 0 Å². The lowest BCUT2D eigenvalue weighted by molar-refractivity contribution is 1.07. The van der Waals surface area contributed by atoms with E-state index in [-0.39, 0.29) is 0 Å². The van der Waals surface area contributed by atoms with E-state index >= 15 is 0 Å². The van der Waals surface area contributed by atoms with Crippen molar-refractivity contribution in [3.05, 3.63) is 194 Å². The minimum Gasteiger partial charge on any atom is -0.264 e. The molecule has 0 saturated carbocycles. The average molecular weight is 746 g/mol. The van der Waals surface area contributed by atoms with Gasteiger partial charge in [-0.05, 0) is 81.4 Å². The van der Waals surface area contributed by atoms with E-state index in [2.05, 4.69) is 132 Å². The monoisotopic (exact) mass is 745 g/mol. The van der Waals surface area contributed by atoms with Gasteiger partial charge in [-0.2, -0.15) is 5.26 Å². The van der Waals surface area contributed by atoms with Crippen LogP contribution < -0.4 is 0 Å². The number of aromatic nitrogens is 4. The van der Waals surface area contributed by atoms with E-state index in [1.165, 1.54) is 15.5 Å². The van der Waals surface area contributed by atoms with Gasteiger partial charge in [0.1, 0.15) is 0 Å². The number of thiophene rings is 1. The Kier molecular flexibility index (Phi) is 8.68. The van der Waals surface area contributed by atoms with E-state index in [1.807, 2.05) is 60.8 Å². The number of nitrogens with zero attached hydrogens (tertiary/aromatic N) is 5. The molecule has 10 rings (SSSR count). The smallest absolute Gasteiger partial charge is 0.164 e. The third kappa shape index (κ3) is 6.74. The van der Waals surface area contributed by atoms with Crippen LogP contribution in [0.4, 0.5) is 0 Å². The molecule has 3 aromatic heterocycles. The third-order valence-corrected chi connectivity index (χ3v) is 11.4. The second kappa shape index (κ2) is 14.6. The molecule has 0 unspecified atom stereocenters. The Morgan fingerprint density at radius 3 is 1.39 bits per heavy atom. The molecule has 6 heteroatoms. The van der Waals surface area contributed by atoms with Gasteiger partial charge in [0.2, 0.25) is 0 Å². The first kappa shape index (κ1) is 33.9. The van der Waals surface area contributed by atoms with Crippen LogP contribution in [0, 0.1) is 11.3 Å². The number of benzene rings is 7. The lowest BCUT2D eigenvalue weighted by Crippen LogP contribution is -2.00. The molecule has 0 saturated heterocycles. The van der Waals surface area contributed by atoms with Crippen molar-refractivity contribution in [3.8, 4) is 84.7 Å². The highest BCUT2D eigenvalue weighted by Gasteiger charge is 2.15. The molecular weight excluding hydrogens is 715 g/mol. The summed E-state index contributed by atoms with van der Waals surface area (Å²) in [4.78, 5) is 19.4. The lowest BCUT2D eigenvalue weighted by Gasteiger charge is -2.12. The number of rotatable bonds is 7. The largest absolute Gasteiger partial charge is 0.264 e. The number of fused-ring (bicyclic) bond motifs is 3. The van der Waals surface area contributed by atoms with Crippen LogP contribution in [0.15, 0.2) is 188 Å². The maximum absolute atomic E-state index is 9.47. The molecule has 57 heavy (non-hydrogen) atoms.